The molecule has 1 heterocycles. The number of rotatable bonds is 4. The molecular formula is C17H23NOS. The number of methoxy groups -OCH3 is 1. The summed E-state index contributed by atoms with van der Waals surface area (Å²) in [5, 5.41) is 3.49. The molecule has 2 nitrogen and oxygen atoms in total. The number of thiophene rings is 1. The van der Waals surface area contributed by atoms with E-state index in [2.05, 4.69) is 57.3 Å². The Morgan fingerprint density at radius 3 is 2.45 bits per heavy atom. The standard InChI is InChI=1S/C17H23NOS/c1-12-6-8-14(20-12)11-18-15-10-13(17(2,3)4)7-9-16(15)19-5/h6-10,18H,11H2,1-5H3. The van der Waals surface area contributed by atoms with Crippen molar-refractivity contribution < 1.29 is 4.74 Å². The molecule has 0 bridgehead atoms. The van der Waals surface area contributed by atoms with Crippen molar-refractivity contribution in [1.82, 2.24) is 0 Å². The van der Waals surface area contributed by atoms with Gasteiger partial charge in [-0.3, -0.25) is 0 Å². The molecule has 1 N–H and O–H groups in total. The Bertz CT molecular complexity index is 581. The van der Waals surface area contributed by atoms with Gasteiger partial charge in [0.05, 0.1) is 12.8 Å². The van der Waals surface area contributed by atoms with Crippen molar-refractivity contribution in [2.45, 2.75) is 39.7 Å². The van der Waals surface area contributed by atoms with Crippen molar-refractivity contribution in [2.75, 3.05) is 12.4 Å². The lowest BCUT2D eigenvalue weighted by Gasteiger charge is -2.21. The van der Waals surface area contributed by atoms with E-state index in [1.165, 1.54) is 15.3 Å². The van der Waals surface area contributed by atoms with Crippen LogP contribution < -0.4 is 10.1 Å². The Balaban J connectivity index is 2.20. The van der Waals surface area contributed by atoms with E-state index in [0.717, 1.165) is 18.0 Å². The van der Waals surface area contributed by atoms with Crippen LogP contribution in [0.1, 0.15) is 36.1 Å². The van der Waals surface area contributed by atoms with Gasteiger partial charge in [-0.2, -0.15) is 0 Å². The fraction of sp³-hybridized carbons (Fsp3) is 0.412. The van der Waals surface area contributed by atoms with Gasteiger partial charge in [-0.1, -0.05) is 26.8 Å². The molecule has 0 aliphatic rings. The lowest BCUT2D eigenvalue weighted by atomic mass is 9.87. The van der Waals surface area contributed by atoms with Crippen molar-refractivity contribution in [2.24, 2.45) is 0 Å². The Morgan fingerprint density at radius 1 is 1.15 bits per heavy atom. The van der Waals surface area contributed by atoms with Gasteiger partial charge in [0.2, 0.25) is 0 Å². The van der Waals surface area contributed by atoms with E-state index in [1.807, 2.05) is 17.4 Å². The lowest BCUT2D eigenvalue weighted by Crippen LogP contribution is -2.12. The van der Waals surface area contributed by atoms with Crippen LogP contribution in [0, 0.1) is 6.92 Å². The molecule has 3 heteroatoms. The monoisotopic (exact) mass is 289 g/mol. The summed E-state index contributed by atoms with van der Waals surface area (Å²) in [5.41, 5.74) is 2.51. The molecule has 0 aliphatic carbocycles. The van der Waals surface area contributed by atoms with E-state index in [4.69, 9.17) is 4.74 Å². The Hall–Kier alpha value is -1.48. The molecule has 0 unspecified atom stereocenters. The second kappa shape index (κ2) is 5.88. The minimum Gasteiger partial charge on any atom is -0.495 e. The third-order valence-electron chi connectivity index (χ3n) is 3.31. The van der Waals surface area contributed by atoms with Crippen molar-refractivity contribution >= 4 is 17.0 Å². The van der Waals surface area contributed by atoms with Crippen LogP contribution in [0.2, 0.25) is 0 Å². The van der Waals surface area contributed by atoms with Crippen LogP contribution in [0.5, 0.6) is 5.75 Å². The lowest BCUT2D eigenvalue weighted by molar-refractivity contribution is 0.416. The van der Waals surface area contributed by atoms with E-state index in [1.54, 1.807) is 7.11 Å². The average Bonchev–Trinajstić information content (AvgIpc) is 2.80. The number of hydrogen-bond donors (Lipinski definition) is 1. The van der Waals surface area contributed by atoms with Gasteiger partial charge in [0.15, 0.2) is 0 Å². The molecule has 0 fully saturated rings. The number of aryl methyl sites for hydroxylation is 1. The Kier molecular flexibility index (Phi) is 4.39. The highest BCUT2D eigenvalue weighted by Crippen LogP contribution is 2.32. The first kappa shape index (κ1) is 14.9. The van der Waals surface area contributed by atoms with Crippen molar-refractivity contribution in [1.29, 1.82) is 0 Å². The van der Waals surface area contributed by atoms with Crippen LogP contribution in [0.3, 0.4) is 0 Å². The number of hydrogen-bond acceptors (Lipinski definition) is 3. The summed E-state index contributed by atoms with van der Waals surface area (Å²) in [5.74, 6) is 0.895. The van der Waals surface area contributed by atoms with Crippen molar-refractivity contribution in [3.8, 4) is 5.75 Å². The third-order valence-corrected chi connectivity index (χ3v) is 4.32. The fourth-order valence-electron chi connectivity index (χ4n) is 2.08. The van der Waals surface area contributed by atoms with E-state index >= 15 is 0 Å². The van der Waals surface area contributed by atoms with Gasteiger partial charge >= 0.3 is 0 Å². The first-order valence-electron chi connectivity index (χ1n) is 6.88. The smallest absolute Gasteiger partial charge is 0.141 e. The summed E-state index contributed by atoms with van der Waals surface area (Å²) in [6.07, 6.45) is 0. The quantitative estimate of drug-likeness (QED) is 0.857. The van der Waals surface area contributed by atoms with Gasteiger partial charge in [-0.25, -0.2) is 0 Å². The van der Waals surface area contributed by atoms with Crippen LogP contribution in [0.15, 0.2) is 30.3 Å². The molecule has 2 rings (SSSR count). The van der Waals surface area contributed by atoms with Crippen LogP contribution in [0.4, 0.5) is 5.69 Å². The second-order valence-corrected chi connectivity index (χ2v) is 7.40. The molecule has 0 spiro atoms. The zero-order valence-corrected chi connectivity index (χ0v) is 13.7. The first-order valence-corrected chi connectivity index (χ1v) is 7.69. The summed E-state index contributed by atoms with van der Waals surface area (Å²) in [7, 11) is 1.71. The van der Waals surface area contributed by atoms with Crippen molar-refractivity contribution in [3.63, 3.8) is 0 Å². The van der Waals surface area contributed by atoms with Crippen LogP contribution in [-0.2, 0) is 12.0 Å². The molecular weight excluding hydrogens is 266 g/mol. The SMILES string of the molecule is COc1ccc(C(C)(C)C)cc1NCc1ccc(C)s1. The number of benzene rings is 1. The normalized spacial score (nSPS) is 11.4. The first-order chi connectivity index (χ1) is 9.40. The highest BCUT2D eigenvalue weighted by molar-refractivity contribution is 7.11. The molecule has 0 radical (unpaired) electrons. The van der Waals surface area contributed by atoms with Gasteiger partial charge in [-0.05, 0) is 42.2 Å². The number of ether oxygens (including phenoxy) is 1. The predicted octanol–water partition coefficient (Wildman–Crippen LogP) is 4.97. The van der Waals surface area contributed by atoms with Gasteiger partial charge < -0.3 is 10.1 Å². The zero-order chi connectivity index (χ0) is 14.8. The summed E-state index contributed by atoms with van der Waals surface area (Å²) < 4.78 is 5.45. The number of nitrogens with one attached hydrogen (secondary N) is 1. The minimum absolute atomic E-state index is 0.141. The highest BCUT2D eigenvalue weighted by Gasteiger charge is 2.15. The van der Waals surface area contributed by atoms with Gasteiger partial charge in [0.1, 0.15) is 5.75 Å². The largest absolute Gasteiger partial charge is 0.495 e. The van der Waals surface area contributed by atoms with Crippen LogP contribution in [-0.4, -0.2) is 7.11 Å². The van der Waals surface area contributed by atoms with Crippen LogP contribution >= 0.6 is 11.3 Å². The molecule has 2 aromatic rings. The van der Waals surface area contributed by atoms with E-state index < -0.39 is 0 Å². The molecule has 0 saturated carbocycles. The highest BCUT2D eigenvalue weighted by atomic mass is 32.1. The summed E-state index contributed by atoms with van der Waals surface area (Å²) in [4.78, 5) is 2.68. The molecule has 1 aromatic carbocycles. The van der Waals surface area contributed by atoms with Gasteiger partial charge in [0, 0.05) is 16.3 Å². The second-order valence-electron chi connectivity index (χ2n) is 6.03. The van der Waals surface area contributed by atoms with E-state index in [-0.39, 0.29) is 5.41 Å². The molecule has 0 saturated heterocycles. The predicted molar refractivity (Wildman–Crippen MR) is 88.1 cm³/mol. The maximum Gasteiger partial charge on any atom is 0.141 e. The summed E-state index contributed by atoms with van der Waals surface area (Å²) in [6, 6.07) is 10.7. The average molecular weight is 289 g/mol. The Labute approximate surface area is 125 Å². The van der Waals surface area contributed by atoms with Gasteiger partial charge in [-0.15, -0.1) is 11.3 Å². The molecule has 0 aliphatic heterocycles. The van der Waals surface area contributed by atoms with E-state index in [0.29, 0.717) is 0 Å². The molecule has 0 atom stereocenters. The van der Waals surface area contributed by atoms with Gasteiger partial charge in [0.25, 0.3) is 0 Å². The molecule has 1 aromatic heterocycles. The summed E-state index contributed by atoms with van der Waals surface area (Å²) >= 11 is 1.83. The van der Waals surface area contributed by atoms with Crippen LogP contribution in [0.25, 0.3) is 0 Å². The minimum atomic E-state index is 0.141. The zero-order valence-electron chi connectivity index (χ0n) is 12.9. The maximum absolute atomic E-state index is 5.45. The van der Waals surface area contributed by atoms with Crippen molar-refractivity contribution in [3.05, 3.63) is 45.6 Å². The summed E-state index contributed by atoms with van der Waals surface area (Å²) in [6.45, 7) is 9.64. The Morgan fingerprint density at radius 2 is 1.90 bits per heavy atom. The molecule has 20 heavy (non-hydrogen) atoms. The van der Waals surface area contributed by atoms with E-state index in [9.17, 15) is 0 Å². The topological polar surface area (TPSA) is 21.3 Å². The fourth-order valence-corrected chi connectivity index (χ4v) is 2.91. The number of anilines is 1. The maximum atomic E-state index is 5.45. The third kappa shape index (κ3) is 3.54. The molecule has 0 amide bonds. The molecule has 108 valence electrons.